The predicted molar refractivity (Wildman–Crippen MR) is 78.6 cm³/mol. The van der Waals surface area contributed by atoms with Crippen molar-refractivity contribution in [2.45, 2.75) is 19.1 Å². The van der Waals surface area contributed by atoms with Crippen molar-refractivity contribution in [2.75, 3.05) is 24.2 Å². The lowest BCUT2D eigenvalue weighted by Crippen LogP contribution is -2.23. The van der Waals surface area contributed by atoms with Crippen molar-refractivity contribution in [3.8, 4) is 0 Å². The van der Waals surface area contributed by atoms with Crippen LogP contribution in [-0.4, -0.2) is 41.4 Å². The molecule has 1 unspecified atom stereocenters. The Labute approximate surface area is 124 Å². The Morgan fingerprint density at radius 3 is 2.28 bits per heavy atom. The van der Waals surface area contributed by atoms with Gasteiger partial charge in [-0.3, -0.25) is 0 Å². The maximum Gasteiger partial charge on any atom is 0.348 e. The molecule has 1 aliphatic rings. The number of halogens is 1. The lowest BCUT2D eigenvalue weighted by atomic mass is 10.3. The second-order valence-electron chi connectivity index (χ2n) is 3.42. The quantitative estimate of drug-likeness (QED) is 0.193. The van der Waals surface area contributed by atoms with Gasteiger partial charge in [0.15, 0.2) is 5.57 Å². The van der Waals surface area contributed by atoms with Crippen molar-refractivity contribution in [1.29, 1.82) is 0 Å². The lowest BCUT2D eigenvalue weighted by molar-refractivity contribution is -0.146. The summed E-state index contributed by atoms with van der Waals surface area (Å²) in [6.45, 7) is 4.61. The zero-order valence-electron chi connectivity index (χ0n) is 10.3. The van der Waals surface area contributed by atoms with Gasteiger partial charge >= 0.3 is 11.9 Å². The summed E-state index contributed by atoms with van der Waals surface area (Å²) >= 11 is 3.76. The third-order valence-electron chi connectivity index (χ3n) is 2.13. The molecule has 0 radical (unpaired) electrons. The number of carbonyl (C=O) groups excluding carboxylic acids is 2. The van der Waals surface area contributed by atoms with Crippen LogP contribution in [0.25, 0.3) is 0 Å². The van der Waals surface area contributed by atoms with Crippen molar-refractivity contribution in [3.05, 3.63) is 10.6 Å². The first-order chi connectivity index (χ1) is 8.63. The van der Waals surface area contributed by atoms with E-state index in [1.165, 1.54) is 11.8 Å². The zero-order chi connectivity index (χ0) is 13.5. The molecule has 0 aliphatic carbocycles. The van der Waals surface area contributed by atoms with E-state index in [0.717, 1.165) is 11.0 Å². The second-order valence-corrected chi connectivity index (χ2v) is 5.61. The van der Waals surface area contributed by atoms with E-state index in [2.05, 4.69) is 27.9 Å². The van der Waals surface area contributed by atoms with Crippen LogP contribution >= 0.6 is 34.4 Å². The van der Waals surface area contributed by atoms with E-state index in [1.54, 1.807) is 13.8 Å². The molecule has 1 fully saturated rings. The minimum Gasteiger partial charge on any atom is -0.462 e. The zero-order valence-corrected chi connectivity index (χ0v) is 13.3. The molecule has 0 aromatic rings. The SMILES string of the molecule is CCOC(=O)C(C(=O)OCC)=C1NCC(CI)S1. The average Bonchev–Trinajstić information content (AvgIpc) is 2.78. The van der Waals surface area contributed by atoms with Gasteiger partial charge in [-0.05, 0) is 13.8 Å². The van der Waals surface area contributed by atoms with E-state index in [1.807, 2.05) is 0 Å². The third kappa shape index (κ3) is 4.04. The molecule has 7 heteroatoms. The number of nitrogens with one attached hydrogen (secondary N) is 1. The Morgan fingerprint density at radius 2 is 1.89 bits per heavy atom. The summed E-state index contributed by atoms with van der Waals surface area (Å²) in [6, 6.07) is 0. The lowest BCUT2D eigenvalue weighted by Gasteiger charge is -2.09. The molecule has 1 aliphatic heterocycles. The first-order valence-electron chi connectivity index (χ1n) is 5.69. The first kappa shape index (κ1) is 15.6. The first-order valence-corrected chi connectivity index (χ1v) is 8.09. The largest absolute Gasteiger partial charge is 0.462 e. The fourth-order valence-corrected chi connectivity index (χ4v) is 3.23. The Bertz CT molecular complexity index is 339. The highest BCUT2D eigenvalue weighted by molar-refractivity contribution is 14.1. The molecule has 1 heterocycles. The number of rotatable bonds is 5. The molecule has 1 atom stereocenters. The van der Waals surface area contributed by atoms with Crippen molar-refractivity contribution < 1.29 is 19.1 Å². The van der Waals surface area contributed by atoms with Gasteiger partial charge in [-0.25, -0.2) is 9.59 Å². The molecule has 5 nitrogen and oxygen atoms in total. The summed E-state index contributed by atoms with van der Waals surface area (Å²) in [7, 11) is 0. The number of esters is 2. The van der Waals surface area contributed by atoms with Gasteiger partial charge in [-0.15, -0.1) is 11.8 Å². The minimum atomic E-state index is -0.625. The summed E-state index contributed by atoms with van der Waals surface area (Å²) in [5.74, 6) is -1.25. The van der Waals surface area contributed by atoms with Crippen LogP contribution < -0.4 is 5.32 Å². The molecule has 1 N–H and O–H groups in total. The maximum absolute atomic E-state index is 11.8. The summed E-state index contributed by atoms with van der Waals surface area (Å²) < 4.78 is 10.7. The van der Waals surface area contributed by atoms with E-state index in [-0.39, 0.29) is 18.8 Å². The van der Waals surface area contributed by atoms with Crippen LogP contribution in [0.5, 0.6) is 0 Å². The van der Waals surface area contributed by atoms with Crippen LogP contribution in [0.3, 0.4) is 0 Å². The number of alkyl halides is 1. The monoisotopic (exact) mass is 385 g/mol. The molecular weight excluding hydrogens is 369 g/mol. The molecule has 1 rings (SSSR count). The summed E-state index contributed by atoms with van der Waals surface area (Å²) in [6.07, 6.45) is 0. The third-order valence-corrected chi connectivity index (χ3v) is 5.04. The Balaban J connectivity index is 2.93. The molecule has 0 bridgehead atoms. The average molecular weight is 385 g/mol. The van der Waals surface area contributed by atoms with Crippen molar-refractivity contribution >= 4 is 46.3 Å². The van der Waals surface area contributed by atoms with Crippen LogP contribution in [0, 0.1) is 0 Å². The number of hydrogen-bond donors (Lipinski definition) is 1. The topological polar surface area (TPSA) is 64.6 Å². The van der Waals surface area contributed by atoms with E-state index in [0.29, 0.717) is 10.3 Å². The van der Waals surface area contributed by atoms with E-state index < -0.39 is 11.9 Å². The Morgan fingerprint density at radius 1 is 1.33 bits per heavy atom. The fourth-order valence-electron chi connectivity index (χ4n) is 1.37. The van der Waals surface area contributed by atoms with Crippen LogP contribution in [0.4, 0.5) is 0 Å². The summed E-state index contributed by atoms with van der Waals surface area (Å²) in [5, 5.41) is 4.00. The van der Waals surface area contributed by atoms with Gasteiger partial charge in [0.25, 0.3) is 0 Å². The van der Waals surface area contributed by atoms with E-state index in [4.69, 9.17) is 9.47 Å². The number of hydrogen-bond acceptors (Lipinski definition) is 6. The van der Waals surface area contributed by atoms with Gasteiger partial charge in [-0.1, -0.05) is 22.6 Å². The minimum absolute atomic E-state index is 0.0175. The molecule has 102 valence electrons. The Hall–Kier alpha value is -0.440. The molecule has 0 amide bonds. The summed E-state index contributed by atoms with van der Waals surface area (Å²) in [4.78, 5) is 23.6. The molecule has 0 saturated carbocycles. The fraction of sp³-hybridized carbons (Fsp3) is 0.636. The highest BCUT2D eigenvalue weighted by Gasteiger charge is 2.31. The van der Waals surface area contributed by atoms with Crippen molar-refractivity contribution in [1.82, 2.24) is 5.32 Å². The molecule has 0 aromatic heterocycles. The van der Waals surface area contributed by atoms with Gasteiger partial charge in [0.05, 0.1) is 18.2 Å². The second kappa shape index (κ2) is 7.88. The Kier molecular flexibility index (Phi) is 6.83. The van der Waals surface area contributed by atoms with Crippen molar-refractivity contribution in [3.63, 3.8) is 0 Å². The highest BCUT2D eigenvalue weighted by Crippen LogP contribution is 2.30. The van der Waals surface area contributed by atoms with Crippen molar-refractivity contribution in [2.24, 2.45) is 0 Å². The van der Waals surface area contributed by atoms with Gasteiger partial charge < -0.3 is 14.8 Å². The predicted octanol–water partition coefficient (Wildman–Crippen LogP) is 1.46. The molecule has 1 saturated heterocycles. The van der Waals surface area contributed by atoms with E-state index >= 15 is 0 Å². The number of thioether (sulfide) groups is 1. The van der Waals surface area contributed by atoms with E-state index in [9.17, 15) is 9.59 Å². The van der Waals surface area contributed by atoms with Gasteiger partial charge in [0.1, 0.15) is 0 Å². The number of ether oxygens (including phenoxy) is 2. The molecule has 0 spiro atoms. The standard InChI is InChI=1S/C11H16INO4S/c1-3-16-10(14)8(11(15)17-4-2)9-13-6-7(5-12)18-9/h7,13H,3-6H2,1-2H3. The van der Waals surface area contributed by atoms with Crippen LogP contribution in [0.2, 0.25) is 0 Å². The molecule has 0 aromatic carbocycles. The molecule has 18 heavy (non-hydrogen) atoms. The van der Waals surface area contributed by atoms with Crippen LogP contribution in [-0.2, 0) is 19.1 Å². The van der Waals surface area contributed by atoms with Crippen LogP contribution in [0.1, 0.15) is 13.8 Å². The van der Waals surface area contributed by atoms with Gasteiger partial charge in [-0.2, -0.15) is 0 Å². The normalized spacial score (nSPS) is 18.2. The van der Waals surface area contributed by atoms with Gasteiger partial charge in [0, 0.05) is 16.2 Å². The highest BCUT2D eigenvalue weighted by atomic mass is 127. The summed E-state index contributed by atoms with van der Waals surface area (Å²) in [5.41, 5.74) is -0.0175. The maximum atomic E-state index is 11.8. The smallest absolute Gasteiger partial charge is 0.348 e. The van der Waals surface area contributed by atoms with Gasteiger partial charge in [0.2, 0.25) is 0 Å². The molecular formula is C11H16INO4S. The van der Waals surface area contributed by atoms with Crippen LogP contribution in [0.15, 0.2) is 10.6 Å². The number of carbonyl (C=O) groups is 2.